The SMILES string of the molecule is CNC(CO)c1ncccc1O. The van der Waals surface area contributed by atoms with E-state index in [1.54, 1.807) is 25.4 Å². The van der Waals surface area contributed by atoms with Crippen molar-refractivity contribution in [1.29, 1.82) is 0 Å². The fourth-order valence-corrected chi connectivity index (χ4v) is 0.992. The molecule has 1 rings (SSSR count). The van der Waals surface area contributed by atoms with Crippen molar-refractivity contribution in [3.63, 3.8) is 0 Å². The third-order valence-corrected chi connectivity index (χ3v) is 1.68. The lowest BCUT2D eigenvalue weighted by atomic mass is 10.2. The molecule has 0 aliphatic carbocycles. The fraction of sp³-hybridized carbons (Fsp3) is 0.375. The molecule has 1 aromatic rings. The van der Waals surface area contributed by atoms with E-state index in [9.17, 15) is 5.11 Å². The number of hydrogen-bond acceptors (Lipinski definition) is 4. The molecule has 0 aliphatic heterocycles. The van der Waals surface area contributed by atoms with Gasteiger partial charge in [-0.05, 0) is 19.2 Å². The number of aliphatic hydroxyl groups excluding tert-OH is 1. The number of nitrogens with one attached hydrogen (secondary N) is 1. The lowest BCUT2D eigenvalue weighted by Crippen LogP contribution is -2.21. The summed E-state index contributed by atoms with van der Waals surface area (Å²) in [5, 5.41) is 21.1. The molecule has 1 heterocycles. The normalized spacial score (nSPS) is 12.8. The fourth-order valence-electron chi connectivity index (χ4n) is 0.992. The van der Waals surface area contributed by atoms with Crippen LogP contribution < -0.4 is 5.32 Å². The predicted octanol–water partition coefficient (Wildman–Crippen LogP) is 0.0400. The first-order valence-corrected chi connectivity index (χ1v) is 3.71. The van der Waals surface area contributed by atoms with Crippen LogP contribution in [0.2, 0.25) is 0 Å². The van der Waals surface area contributed by atoms with Crippen LogP contribution in [0.4, 0.5) is 0 Å². The third kappa shape index (κ3) is 1.72. The minimum Gasteiger partial charge on any atom is -0.506 e. The molecule has 4 nitrogen and oxygen atoms in total. The van der Waals surface area contributed by atoms with Crippen molar-refractivity contribution in [1.82, 2.24) is 10.3 Å². The highest BCUT2D eigenvalue weighted by Gasteiger charge is 2.12. The standard InChI is InChI=1S/C8H12N2O2/c1-9-6(5-11)8-7(12)3-2-4-10-8/h2-4,6,9,11-12H,5H2,1H3. The minimum atomic E-state index is -0.300. The molecule has 0 fully saturated rings. The molecule has 0 spiro atoms. The van der Waals surface area contributed by atoms with Crippen LogP contribution in [0.1, 0.15) is 11.7 Å². The summed E-state index contributed by atoms with van der Waals surface area (Å²) in [6.45, 7) is -0.0823. The molecule has 66 valence electrons. The van der Waals surface area contributed by atoms with Gasteiger partial charge < -0.3 is 15.5 Å². The summed E-state index contributed by atoms with van der Waals surface area (Å²) < 4.78 is 0. The van der Waals surface area contributed by atoms with E-state index in [0.29, 0.717) is 5.69 Å². The van der Waals surface area contributed by atoms with Crippen molar-refractivity contribution in [3.05, 3.63) is 24.0 Å². The molecule has 0 radical (unpaired) electrons. The summed E-state index contributed by atoms with van der Waals surface area (Å²) in [7, 11) is 1.70. The van der Waals surface area contributed by atoms with E-state index in [1.165, 1.54) is 0 Å². The van der Waals surface area contributed by atoms with E-state index < -0.39 is 0 Å². The van der Waals surface area contributed by atoms with E-state index in [2.05, 4.69) is 10.3 Å². The van der Waals surface area contributed by atoms with Gasteiger partial charge in [-0.2, -0.15) is 0 Å². The number of hydrogen-bond donors (Lipinski definition) is 3. The smallest absolute Gasteiger partial charge is 0.138 e. The van der Waals surface area contributed by atoms with E-state index in [-0.39, 0.29) is 18.4 Å². The number of aliphatic hydroxyl groups is 1. The van der Waals surface area contributed by atoms with Gasteiger partial charge in [-0.15, -0.1) is 0 Å². The largest absolute Gasteiger partial charge is 0.506 e. The molecule has 0 saturated carbocycles. The highest BCUT2D eigenvalue weighted by Crippen LogP contribution is 2.19. The third-order valence-electron chi connectivity index (χ3n) is 1.68. The Hall–Kier alpha value is -1.13. The van der Waals surface area contributed by atoms with Crippen LogP contribution in [0, 0.1) is 0 Å². The number of likely N-dealkylation sites (N-methyl/N-ethyl adjacent to an activating group) is 1. The van der Waals surface area contributed by atoms with Gasteiger partial charge in [-0.25, -0.2) is 0 Å². The first kappa shape index (κ1) is 8.96. The Labute approximate surface area is 70.9 Å². The van der Waals surface area contributed by atoms with Gasteiger partial charge in [0.15, 0.2) is 0 Å². The molecule has 0 amide bonds. The first-order chi connectivity index (χ1) is 5.79. The maximum absolute atomic E-state index is 9.33. The molecule has 0 aliphatic rings. The molecule has 3 N–H and O–H groups in total. The Kier molecular flexibility index (Phi) is 3.01. The maximum Gasteiger partial charge on any atom is 0.138 e. The maximum atomic E-state index is 9.33. The van der Waals surface area contributed by atoms with Gasteiger partial charge >= 0.3 is 0 Å². The van der Waals surface area contributed by atoms with Gasteiger partial charge in [-0.1, -0.05) is 0 Å². The second-order valence-electron chi connectivity index (χ2n) is 2.43. The summed E-state index contributed by atoms with van der Waals surface area (Å²) in [5.41, 5.74) is 0.475. The summed E-state index contributed by atoms with van der Waals surface area (Å²) in [6.07, 6.45) is 1.58. The van der Waals surface area contributed by atoms with Crippen molar-refractivity contribution < 1.29 is 10.2 Å². The molecule has 1 atom stereocenters. The van der Waals surface area contributed by atoms with Crippen molar-refractivity contribution in [2.45, 2.75) is 6.04 Å². The van der Waals surface area contributed by atoms with Gasteiger partial charge in [0.25, 0.3) is 0 Å². The first-order valence-electron chi connectivity index (χ1n) is 3.71. The summed E-state index contributed by atoms with van der Waals surface area (Å²) in [6, 6.07) is 2.89. The molecule has 0 aromatic carbocycles. The van der Waals surface area contributed by atoms with Gasteiger partial charge in [0.2, 0.25) is 0 Å². The zero-order valence-electron chi connectivity index (χ0n) is 6.86. The van der Waals surface area contributed by atoms with Crippen molar-refractivity contribution in [3.8, 4) is 5.75 Å². The van der Waals surface area contributed by atoms with Crippen molar-refractivity contribution in [2.24, 2.45) is 0 Å². The number of rotatable bonds is 3. The molecule has 12 heavy (non-hydrogen) atoms. The average Bonchev–Trinajstić information content (AvgIpc) is 2.10. The van der Waals surface area contributed by atoms with Gasteiger partial charge in [0.05, 0.1) is 12.6 Å². The van der Waals surface area contributed by atoms with Crippen LogP contribution in [0.5, 0.6) is 5.75 Å². The Morgan fingerprint density at radius 3 is 2.92 bits per heavy atom. The van der Waals surface area contributed by atoms with Crippen molar-refractivity contribution in [2.75, 3.05) is 13.7 Å². The van der Waals surface area contributed by atoms with Gasteiger partial charge in [-0.3, -0.25) is 4.98 Å². The van der Waals surface area contributed by atoms with Crippen molar-refractivity contribution >= 4 is 0 Å². The molecular formula is C8H12N2O2. The molecule has 0 saturated heterocycles. The lowest BCUT2D eigenvalue weighted by molar-refractivity contribution is 0.245. The molecular weight excluding hydrogens is 156 g/mol. The Morgan fingerprint density at radius 2 is 2.42 bits per heavy atom. The topological polar surface area (TPSA) is 65.4 Å². The minimum absolute atomic E-state index is 0.0823. The second kappa shape index (κ2) is 4.04. The van der Waals surface area contributed by atoms with Gasteiger partial charge in [0.1, 0.15) is 11.4 Å². The number of aromatic hydroxyl groups is 1. The zero-order valence-corrected chi connectivity index (χ0v) is 6.86. The monoisotopic (exact) mass is 168 g/mol. The summed E-state index contributed by atoms with van der Waals surface area (Å²) in [4.78, 5) is 3.95. The van der Waals surface area contributed by atoms with E-state index in [0.717, 1.165) is 0 Å². The summed E-state index contributed by atoms with van der Waals surface area (Å²) in [5.74, 6) is 0.103. The van der Waals surface area contributed by atoms with Crippen LogP contribution in [0.25, 0.3) is 0 Å². The highest BCUT2D eigenvalue weighted by molar-refractivity contribution is 5.27. The molecule has 0 bridgehead atoms. The van der Waals surface area contributed by atoms with E-state index in [1.807, 2.05) is 0 Å². The van der Waals surface area contributed by atoms with E-state index >= 15 is 0 Å². The highest BCUT2D eigenvalue weighted by atomic mass is 16.3. The predicted molar refractivity (Wildman–Crippen MR) is 44.8 cm³/mol. The van der Waals surface area contributed by atoms with E-state index in [4.69, 9.17) is 5.11 Å². The number of nitrogens with zero attached hydrogens (tertiary/aromatic N) is 1. The Morgan fingerprint density at radius 1 is 1.67 bits per heavy atom. The molecule has 1 aromatic heterocycles. The lowest BCUT2D eigenvalue weighted by Gasteiger charge is -2.12. The van der Waals surface area contributed by atoms with Crippen LogP contribution in [0.15, 0.2) is 18.3 Å². The Balaban J connectivity index is 2.92. The average molecular weight is 168 g/mol. The Bertz CT molecular complexity index is 249. The second-order valence-corrected chi connectivity index (χ2v) is 2.43. The van der Waals surface area contributed by atoms with Crippen LogP contribution in [-0.4, -0.2) is 28.9 Å². The van der Waals surface area contributed by atoms with Gasteiger partial charge in [0, 0.05) is 6.20 Å². The number of aromatic nitrogens is 1. The van der Waals surface area contributed by atoms with Crippen LogP contribution in [0.3, 0.4) is 0 Å². The zero-order chi connectivity index (χ0) is 8.97. The summed E-state index contributed by atoms with van der Waals surface area (Å²) >= 11 is 0. The molecule has 4 heteroatoms. The number of pyridine rings is 1. The molecule has 1 unspecified atom stereocenters. The van der Waals surface area contributed by atoms with Crippen LogP contribution >= 0.6 is 0 Å². The quantitative estimate of drug-likeness (QED) is 0.596. The van der Waals surface area contributed by atoms with Crippen LogP contribution in [-0.2, 0) is 0 Å².